The lowest BCUT2D eigenvalue weighted by molar-refractivity contribution is -0.125. The number of amides is 3. The number of nitrogens with one attached hydrogen (secondary N) is 1. The summed E-state index contributed by atoms with van der Waals surface area (Å²) in [6.07, 6.45) is 3.90. The molecule has 9 heteroatoms. The van der Waals surface area contributed by atoms with E-state index in [0.717, 1.165) is 33.8 Å². The van der Waals surface area contributed by atoms with Gasteiger partial charge in [-0.3, -0.25) is 24.2 Å². The molecule has 2 aromatic carbocycles. The van der Waals surface area contributed by atoms with Crippen molar-refractivity contribution in [3.05, 3.63) is 107 Å². The monoisotopic (exact) mass is 561 g/mol. The van der Waals surface area contributed by atoms with E-state index >= 15 is 0 Å². The number of pyridine rings is 1. The summed E-state index contributed by atoms with van der Waals surface area (Å²) < 4.78 is 1.91. The van der Waals surface area contributed by atoms with Crippen LogP contribution in [-0.4, -0.2) is 61.4 Å². The first kappa shape index (κ1) is 26.3. The Balaban J connectivity index is 1.03. The summed E-state index contributed by atoms with van der Waals surface area (Å²) in [6, 6.07) is 20.5. The Bertz CT molecular complexity index is 1750. The average Bonchev–Trinajstić information content (AvgIpc) is 3.53. The molecule has 1 unspecified atom stereocenters. The van der Waals surface area contributed by atoms with Gasteiger partial charge in [0.1, 0.15) is 6.04 Å². The van der Waals surface area contributed by atoms with E-state index in [4.69, 9.17) is 5.10 Å². The van der Waals surface area contributed by atoms with Crippen molar-refractivity contribution in [3.8, 4) is 11.3 Å². The Morgan fingerprint density at radius 2 is 1.71 bits per heavy atom. The Hall–Kier alpha value is -4.60. The molecule has 2 fully saturated rings. The van der Waals surface area contributed by atoms with Crippen molar-refractivity contribution in [1.82, 2.24) is 24.7 Å². The second-order valence-corrected chi connectivity index (χ2v) is 11.5. The molecule has 2 N–H and O–H groups in total. The molecule has 42 heavy (non-hydrogen) atoms. The van der Waals surface area contributed by atoms with Crippen LogP contribution in [0.1, 0.15) is 57.5 Å². The molecule has 5 heterocycles. The third-order valence-electron chi connectivity index (χ3n) is 8.77. The minimum absolute atomic E-state index is 0.243. The topological polar surface area (TPSA) is 107 Å². The summed E-state index contributed by atoms with van der Waals surface area (Å²) in [5.74, 6) is -1.36. The van der Waals surface area contributed by atoms with Crippen molar-refractivity contribution in [1.29, 1.82) is 0 Å². The summed E-state index contributed by atoms with van der Waals surface area (Å²) in [5, 5.41) is 19.0. The van der Waals surface area contributed by atoms with Gasteiger partial charge in [-0.05, 0) is 61.1 Å². The first-order valence-corrected chi connectivity index (χ1v) is 14.3. The predicted molar refractivity (Wildman–Crippen MR) is 156 cm³/mol. The zero-order chi connectivity index (χ0) is 29.0. The van der Waals surface area contributed by atoms with Gasteiger partial charge in [-0.25, -0.2) is 4.52 Å². The molecule has 9 nitrogen and oxygen atoms in total. The molecule has 7 rings (SSSR count). The molecule has 0 spiro atoms. The first-order valence-electron chi connectivity index (χ1n) is 14.3. The van der Waals surface area contributed by atoms with Crippen molar-refractivity contribution in [3.63, 3.8) is 0 Å². The van der Waals surface area contributed by atoms with Crippen LogP contribution in [0.25, 0.3) is 16.8 Å². The lowest BCUT2D eigenvalue weighted by Crippen LogP contribution is -2.51. The maximum atomic E-state index is 13.3. The average molecular weight is 562 g/mol. The van der Waals surface area contributed by atoms with Crippen LogP contribution in [0.3, 0.4) is 0 Å². The molecule has 2 aromatic heterocycles. The number of allylic oxidation sites excluding steroid dienone is 1. The zero-order valence-electron chi connectivity index (χ0n) is 23.1. The number of aliphatic hydroxyl groups is 1. The molecule has 1 atom stereocenters. The summed E-state index contributed by atoms with van der Waals surface area (Å²) in [5.41, 5.74) is 4.78. The second-order valence-electron chi connectivity index (χ2n) is 11.5. The standard InChI is InChI=1S/C33H31N5O4/c1-21-7-12-29(30(39)34-21)38-31(40)26-11-9-24(17-27(26)32(38)41)33(42)13-15-36(16-14-33)19-22-8-10-25-18-28(35-37(25)20-22)23-5-3-2-4-6-23/h2-6,8-11,17-18,20,29,42H,1,7,12-16,19H2,(H,34,39). The van der Waals surface area contributed by atoms with E-state index in [1.165, 1.54) is 0 Å². The number of rotatable bonds is 5. The quantitative estimate of drug-likeness (QED) is 0.358. The Labute approximate surface area is 243 Å². The van der Waals surface area contributed by atoms with Gasteiger partial charge in [0.15, 0.2) is 0 Å². The van der Waals surface area contributed by atoms with Gasteiger partial charge in [0.05, 0.1) is 27.9 Å². The molecule has 3 aliphatic rings. The molecule has 3 amide bonds. The highest BCUT2D eigenvalue weighted by Crippen LogP contribution is 2.37. The molecule has 212 valence electrons. The lowest BCUT2D eigenvalue weighted by Gasteiger charge is -2.38. The molecular weight excluding hydrogens is 530 g/mol. The van der Waals surface area contributed by atoms with Crippen molar-refractivity contribution < 1.29 is 19.5 Å². The Morgan fingerprint density at radius 3 is 2.48 bits per heavy atom. The Morgan fingerprint density at radius 1 is 0.952 bits per heavy atom. The Kier molecular flexibility index (Phi) is 6.29. The lowest BCUT2D eigenvalue weighted by atomic mass is 9.83. The van der Waals surface area contributed by atoms with Crippen LogP contribution >= 0.6 is 0 Å². The van der Waals surface area contributed by atoms with Crippen LogP contribution in [0.4, 0.5) is 0 Å². The highest BCUT2D eigenvalue weighted by molar-refractivity contribution is 6.23. The van der Waals surface area contributed by atoms with Gasteiger partial charge < -0.3 is 10.4 Å². The third kappa shape index (κ3) is 4.51. The number of nitrogens with zero attached hydrogens (tertiary/aromatic N) is 4. The van der Waals surface area contributed by atoms with E-state index in [1.54, 1.807) is 18.2 Å². The van der Waals surface area contributed by atoms with Gasteiger partial charge in [-0.1, -0.05) is 49.0 Å². The minimum Gasteiger partial charge on any atom is -0.385 e. The summed E-state index contributed by atoms with van der Waals surface area (Å²) in [7, 11) is 0. The number of carbonyl (C=O) groups excluding carboxylic acids is 3. The number of carbonyl (C=O) groups is 3. The van der Waals surface area contributed by atoms with Gasteiger partial charge in [-0.15, -0.1) is 0 Å². The fraction of sp³-hybridized carbons (Fsp3) is 0.273. The van der Waals surface area contributed by atoms with Crippen LogP contribution in [0.5, 0.6) is 0 Å². The number of imide groups is 1. The summed E-state index contributed by atoms with van der Waals surface area (Å²) in [4.78, 5) is 42.3. The molecule has 0 radical (unpaired) electrons. The fourth-order valence-electron chi connectivity index (χ4n) is 6.34. The van der Waals surface area contributed by atoms with E-state index in [-0.39, 0.29) is 11.1 Å². The molecule has 2 saturated heterocycles. The number of hydrogen-bond donors (Lipinski definition) is 2. The van der Waals surface area contributed by atoms with Crippen LogP contribution < -0.4 is 5.32 Å². The normalized spacial score (nSPS) is 20.7. The number of fused-ring (bicyclic) bond motifs is 2. The van der Waals surface area contributed by atoms with Gasteiger partial charge in [0, 0.05) is 37.1 Å². The van der Waals surface area contributed by atoms with Crippen LogP contribution in [0, 0.1) is 0 Å². The van der Waals surface area contributed by atoms with Gasteiger partial charge in [-0.2, -0.15) is 5.10 Å². The second kappa shape index (κ2) is 10.0. The number of hydrogen-bond acceptors (Lipinski definition) is 6. The molecule has 4 aromatic rings. The first-order chi connectivity index (χ1) is 20.3. The molecular formula is C33H31N5O4. The minimum atomic E-state index is -1.11. The van der Waals surface area contributed by atoms with E-state index in [2.05, 4.69) is 53.3 Å². The van der Waals surface area contributed by atoms with E-state index in [9.17, 15) is 19.5 Å². The van der Waals surface area contributed by atoms with Crippen molar-refractivity contribution >= 4 is 23.2 Å². The van der Waals surface area contributed by atoms with Gasteiger partial charge >= 0.3 is 0 Å². The van der Waals surface area contributed by atoms with E-state index in [0.29, 0.717) is 50.0 Å². The van der Waals surface area contributed by atoms with E-state index in [1.807, 2.05) is 22.7 Å². The molecule has 3 aliphatic heterocycles. The highest BCUT2D eigenvalue weighted by Gasteiger charge is 2.45. The third-order valence-corrected chi connectivity index (χ3v) is 8.77. The van der Waals surface area contributed by atoms with Crippen molar-refractivity contribution in [2.24, 2.45) is 0 Å². The highest BCUT2D eigenvalue weighted by atomic mass is 16.3. The smallest absolute Gasteiger partial charge is 0.262 e. The van der Waals surface area contributed by atoms with Gasteiger partial charge in [0.25, 0.3) is 11.8 Å². The molecule has 0 saturated carbocycles. The summed E-state index contributed by atoms with van der Waals surface area (Å²) in [6.45, 7) is 5.84. The van der Waals surface area contributed by atoms with Crippen LogP contribution in [0.15, 0.2) is 85.2 Å². The maximum absolute atomic E-state index is 13.3. The van der Waals surface area contributed by atoms with E-state index < -0.39 is 29.4 Å². The largest absolute Gasteiger partial charge is 0.385 e. The zero-order valence-corrected chi connectivity index (χ0v) is 23.1. The van der Waals surface area contributed by atoms with Crippen molar-refractivity contribution in [2.75, 3.05) is 13.1 Å². The SMILES string of the molecule is C=C1CCC(N2C(=O)c3ccc(C4(O)CCN(Cc5ccc6cc(-c7ccccc7)nn6c5)CC4)cc3C2=O)C(=O)N1. The fourth-order valence-corrected chi connectivity index (χ4v) is 6.34. The number of piperidine rings is 2. The number of benzene rings is 2. The molecule has 0 bridgehead atoms. The number of aromatic nitrogens is 2. The van der Waals surface area contributed by atoms with Crippen LogP contribution in [-0.2, 0) is 16.9 Å². The molecule has 0 aliphatic carbocycles. The van der Waals surface area contributed by atoms with Gasteiger partial charge in [0.2, 0.25) is 5.91 Å². The summed E-state index contributed by atoms with van der Waals surface area (Å²) >= 11 is 0. The number of likely N-dealkylation sites (tertiary alicyclic amines) is 1. The predicted octanol–water partition coefficient (Wildman–Crippen LogP) is 3.87. The van der Waals surface area contributed by atoms with Crippen LogP contribution in [0.2, 0.25) is 0 Å². The van der Waals surface area contributed by atoms with Crippen molar-refractivity contribution in [2.45, 2.75) is 43.9 Å². The maximum Gasteiger partial charge on any atom is 0.262 e.